The summed E-state index contributed by atoms with van der Waals surface area (Å²) in [5.74, 6) is -0.499. The standard InChI is InChI=1S/C26H32N2O4/c1-19-10-11-22(20(2)18-19)23-24(27(14-16-31-3)15-17-32-4)26(30)28(25(23)29)13-12-21-8-6-5-7-9-21/h5-11,18H,12-17H2,1-4H3. The van der Waals surface area contributed by atoms with Crippen LogP contribution in [0.5, 0.6) is 0 Å². The SMILES string of the molecule is COCCN(CCOC)C1=C(c2ccc(C)cc2C)C(=O)N(CCc2ccccc2)C1=O. The molecule has 0 radical (unpaired) electrons. The van der Waals surface area contributed by atoms with Crippen LogP contribution in [0.3, 0.4) is 0 Å². The van der Waals surface area contributed by atoms with Crippen molar-refractivity contribution in [1.82, 2.24) is 9.80 Å². The second kappa shape index (κ2) is 11.1. The summed E-state index contributed by atoms with van der Waals surface area (Å²) in [7, 11) is 3.25. The van der Waals surface area contributed by atoms with Gasteiger partial charge in [-0.25, -0.2) is 0 Å². The number of aryl methyl sites for hydroxylation is 2. The van der Waals surface area contributed by atoms with Crippen LogP contribution in [0.2, 0.25) is 0 Å². The summed E-state index contributed by atoms with van der Waals surface area (Å²) < 4.78 is 10.5. The van der Waals surface area contributed by atoms with Crippen LogP contribution in [0, 0.1) is 13.8 Å². The lowest BCUT2D eigenvalue weighted by Crippen LogP contribution is -2.38. The van der Waals surface area contributed by atoms with Crippen LogP contribution in [-0.2, 0) is 25.5 Å². The van der Waals surface area contributed by atoms with Gasteiger partial charge in [-0.3, -0.25) is 14.5 Å². The molecule has 0 unspecified atom stereocenters. The van der Waals surface area contributed by atoms with Gasteiger partial charge in [0.15, 0.2) is 0 Å². The number of carbonyl (C=O) groups excluding carboxylic acids is 2. The highest BCUT2D eigenvalue weighted by Crippen LogP contribution is 2.33. The summed E-state index contributed by atoms with van der Waals surface area (Å²) in [4.78, 5) is 30.5. The van der Waals surface area contributed by atoms with Crippen molar-refractivity contribution >= 4 is 17.4 Å². The van der Waals surface area contributed by atoms with Gasteiger partial charge in [0, 0.05) is 33.9 Å². The van der Waals surface area contributed by atoms with E-state index in [0.717, 1.165) is 22.3 Å². The fraction of sp³-hybridized carbons (Fsp3) is 0.385. The fourth-order valence-electron chi connectivity index (χ4n) is 4.02. The molecule has 1 aliphatic heterocycles. The molecule has 0 saturated carbocycles. The molecule has 1 aliphatic rings. The van der Waals surface area contributed by atoms with Crippen molar-refractivity contribution in [3.63, 3.8) is 0 Å². The first kappa shape index (κ1) is 23.7. The lowest BCUT2D eigenvalue weighted by atomic mass is 9.97. The Bertz CT molecular complexity index is 977. The normalized spacial score (nSPS) is 13.9. The van der Waals surface area contributed by atoms with Gasteiger partial charge in [0.05, 0.1) is 18.8 Å². The van der Waals surface area contributed by atoms with E-state index in [0.29, 0.717) is 50.5 Å². The van der Waals surface area contributed by atoms with E-state index in [1.807, 2.05) is 67.3 Å². The maximum Gasteiger partial charge on any atom is 0.277 e. The van der Waals surface area contributed by atoms with Gasteiger partial charge in [-0.15, -0.1) is 0 Å². The zero-order valence-corrected chi connectivity index (χ0v) is 19.4. The van der Waals surface area contributed by atoms with E-state index in [2.05, 4.69) is 0 Å². The van der Waals surface area contributed by atoms with Crippen molar-refractivity contribution in [2.45, 2.75) is 20.3 Å². The number of amides is 2. The van der Waals surface area contributed by atoms with Crippen molar-refractivity contribution in [3.05, 3.63) is 76.5 Å². The molecule has 0 atom stereocenters. The first-order valence-corrected chi connectivity index (χ1v) is 10.9. The Hall–Kier alpha value is -2.96. The maximum atomic E-state index is 13.6. The third-order valence-corrected chi connectivity index (χ3v) is 5.71. The molecule has 170 valence electrons. The molecule has 6 nitrogen and oxygen atoms in total. The van der Waals surface area contributed by atoms with E-state index >= 15 is 0 Å². The molecule has 0 saturated heterocycles. The monoisotopic (exact) mass is 436 g/mol. The Morgan fingerprint density at radius 2 is 1.53 bits per heavy atom. The number of ether oxygens (including phenoxy) is 2. The molecule has 0 fully saturated rings. The molecule has 2 amide bonds. The van der Waals surface area contributed by atoms with Crippen molar-refractivity contribution < 1.29 is 19.1 Å². The summed E-state index contributed by atoms with van der Waals surface area (Å²) in [6.45, 7) is 6.21. The number of methoxy groups -OCH3 is 2. The van der Waals surface area contributed by atoms with Gasteiger partial charge >= 0.3 is 0 Å². The van der Waals surface area contributed by atoms with Gasteiger partial charge in [-0.05, 0) is 37.0 Å². The third kappa shape index (κ3) is 5.26. The van der Waals surface area contributed by atoms with Crippen LogP contribution in [0.4, 0.5) is 0 Å². The molecular formula is C26H32N2O4. The van der Waals surface area contributed by atoms with E-state index in [-0.39, 0.29) is 11.8 Å². The number of benzene rings is 2. The first-order valence-electron chi connectivity index (χ1n) is 10.9. The highest BCUT2D eigenvalue weighted by atomic mass is 16.5. The third-order valence-electron chi connectivity index (χ3n) is 5.71. The van der Waals surface area contributed by atoms with Gasteiger partial charge in [-0.2, -0.15) is 0 Å². The van der Waals surface area contributed by atoms with Crippen LogP contribution in [0.1, 0.15) is 22.3 Å². The number of rotatable bonds is 11. The van der Waals surface area contributed by atoms with Crippen molar-refractivity contribution in [2.75, 3.05) is 47.1 Å². The fourth-order valence-corrected chi connectivity index (χ4v) is 4.02. The minimum atomic E-state index is -0.256. The predicted molar refractivity (Wildman–Crippen MR) is 125 cm³/mol. The zero-order chi connectivity index (χ0) is 23.1. The largest absolute Gasteiger partial charge is 0.383 e. The number of carbonyl (C=O) groups is 2. The van der Waals surface area contributed by atoms with Crippen molar-refractivity contribution in [1.29, 1.82) is 0 Å². The second-order valence-corrected chi connectivity index (χ2v) is 8.01. The lowest BCUT2D eigenvalue weighted by Gasteiger charge is -2.26. The highest BCUT2D eigenvalue weighted by Gasteiger charge is 2.41. The van der Waals surface area contributed by atoms with Crippen LogP contribution in [-0.4, -0.2) is 68.7 Å². The molecule has 0 N–H and O–H groups in total. The Kier molecular flexibility index (Phi) is 8.20. The highest BCUT2D eigenvalue weighted by molar-refractivity contribution is 6.35. The van der Waals surface area contributed by atoms with E-state index in [9.17, 15) is 9.59 Å². The van der Waals surface area contributed by atoms with Crippen LogP contribution in [0.15, 0.2) is 54.2 Å². The number of hydrogen-bond donors (Lipinski definition) is 0. The molecule has 0 aromatic heterocycles. The first-order chi connectivity index (χ1) is 15.5. The van der Waals surface area contributed by atoms with Crippen LogP contribution in [0.25, 0.3) is 5.57 Å². The van der Waals surface area contributed by atoms with E-state index in [1.165, 1.54) is 4.90 Å². The summed E-state index contributed by atoms with van der Waals surface area (Å²) in [5, 5.41) is 0. The number of imide groups is 1. The molecule has 3 rings (SSSR count). The minimum absolute atomic E-state index is 0.243. The quantitative estimate of drug-likeness (QED) is 0.506. The zero-order valence-electron chi connectivity index (χ0n) is 19.4. The molecule has 0 aliphatic carbocycles. The van der Waals surface area contributed by atoms with Crippen LogP contribution < -0.4 is 0 Å². The Morgan fingerprint density at radius 1 is 0.875 bits per heavy atom. The smallest absolute Gasteiger partial charge is 0.277 e. The van der Waals surface area contributed by atoms with Gasteiger partial charge in [0.25, 0.3) is 11.8 Å². The molecule has 0 bridgehead atoms. The molecular weight excluding hydrogens is 404 g/mol. The van der Waals surface area contributed by atoms with Crippen LogP contribution >= 0.6 is 0 Å². The summed E-state index contributed by atoms with van der Waals surface area (Å²) >= 11 is 0. The maximum absolute atomic E-state index is 13.6. The second-order valence-electron chi connectivity index (χ2n) is 8.01. The Balaban J connectivity index is 2.01. The molecule has 32 heavy (non-hydrogen) atoms. The predicted octanol–water partition coefficient (Wildman–Crippen LogP) is 3.22. The molecule has 2 aromatic carbocycles. The van der Waals surface area contributed by atoms with Gasteiger partial charge in [-0.1, -0.05) is 54.1 Å². The van der Waals surface area contributed by atoms with E-state index in [4.69, 9.17) is 9.47 Å². The van der Waals surface area contributed by atoms with Gasteiger partial charge in [0.2, 0.25) is 0 Å². The number of nitrogens with zero attached hydrogens (tertiary/aromatic N) is 2. The Morgan fingerprint density at radius 3 is 2.12 bits per heavy atom. The Labute approximate surface area is 190 Å². The number of hydrogen-bond acceptors (Lipinski definition) is 5. The summed E-state index contributed by atoms with van der Waals surface area (Å²) in [6.07, 6.45) is 0.613. The minimum Gasteiger partial charge on any atom is -0.383 e. The molecule has 6 heteroatoms. The van der Waals surface area contributed by atoms with E-state index < -0.39 is 0 Å². The average Bonchev–Trinajstić information content (AvgIpc) is 3.03. The molecule has 1 heterocycles. The van der Waals surface area contributed by atoms with E-state index in [1.54, 1.807) is 14.2 Å². The summed E-state index contributed by atoms with van der Waals surface area (Å²) in [6, 6.07) is 15.9. The average molecular weight is 437 g/mol. The van der Waals surface area contributed by atoms with Crippen molar-refractivity contribution in [3.8, 4) is 0 Å². The van der Waals surface area contributed by atoms with Gasteiger partial charge < -0.3 is 14.4 Å². The lowest BCUT2D eigenvalue weighted by molar-refractivity contribution is -0.137. The topological polar surface area (TPSA) is 59.1 Å². The molecule has 2 aromatic rings. The van der Waals surface area contributed by atoms with Crippen molar-refractivity contribution in [2.24, 2.45) is 0 Å². The van der Waals surface area contributed by atoms with Gasteiger partial charge in [0.1, 0.15) is 5.70 Å². The molecule has 0 spiro atoms. The summed E-state index contributed by atoms with van der Waals surface area (Å²) in [5.41, 5.74) is 4.87.